The maximum atomic E-state index is 13.6. The predicted molar refractivity (Wildman–Crippen MR) is 96.8 cm³/mol. The minimum atomic E-state index is -0.706. The third-order valence-electron chi connectivity index (χ3n) is 3.48. The lowest BCUT2D eigenvalue weighted by Gasteiger charge is -2.09. The number of amides is 1. The average molecular weight is 395 g/mol. The van der Waals surface area contributed by atoms with Gasteiger partial charge in [-0.3, -0.25) is 9.36 Å². The Bertz CT molecular complexity index is 964. The molecule has 9 heteroatoms. The molecule has 0 aliphatic heterocycles. The zero-order valence-corrected chi connectivity index (χ0v) is 15.1. The summed E-state index contributed by atoms with van der Waals surface area (Å²) in [7, 11) is 0. The van der Waals surface area contributed by atoms with Crippen molar-refractivity contribution in [3.05, 3.63) is 64.9 Å². The average Bonchev–Trinajstić information content (AvgIpc) is 3.07. The number of nitrogens with one attached hydrogen (secondary N) is 1. The van der Waals surface area contributed by atoms with E-state index in [-0.39, 0.29) is 11.4 Å². The molecular weight excluding hydrogens is 382 g/mol. The van der Waals surface area contributed by atoms with E-state index in [1.165, 1.54) is 6.33 Å². The first-order chi connectivity index (χ1) is 12.4. The molecule has 26 heavy (non-hydrogen) atoms. The molecular formula is C17H13ClF2N4OS. The topological polar surface area (TPSA) is 59.8 Å². The van der Waals surface area contributed by atoms with E-state index >= 15 is 0 Å². The van der Waals surface area contributed by atoms with Crippen molar-refractivity contribution in [3.63, 3.8) is 0 Å². The lowest BCUT2D eigenvalue weighted by molar-refractivity contribution is -0.113. The highest BCUT2D eigenvalue weighted by Gasteiger charge is 2.13. The number of thioether (sulfide) groups is 1. The quantitative estimate of drug-likeness (QED) is 0.657. The van der Waals surface area contributed by atoms with Crippen LogP contribution in [0.15, 0.2) is 47.9 Å². The summed E-state index contributed by atoms with van der Waals surface area (Å²) in [5, 5.41) is 11.2. The normalized spacial score (nSPS) is 10.8. The number of aromatic nitrogens is 3. The molecule has 0 radical (unpaired) electrons. The van der Waals surface area contributed by atoms with Crippen molar-refractivity contribution < 1.29 is 13.6 Å². The van der Waals surface area contributed by atoms with Crippen molar-refractivity contribution in [2.45, 2.75) is 12.1 Å². The number of carbonyl (C=O) groups is 1. The Balaban J connectivity index is 1.69. The summed E-state index contributed by atoms with van der Waals surface area (Å²) in [6.45, 7) is 1.89. The second-order valence-corrected chi connectivity index (χ2v) is 6.73. The number of hydrogen-bond acceptors (Lipinski definition) is 4. The van der Waals surface area contributed by atoms with Gasteiger partial charge in [0.05, 0.1) is 17.1 Å². The van der Waals surface area contributed by atoms with E-state index < -0.39 is 17.5 Å². The summed E-state index contributed by atoms with van der Waals surface area (Å²) in [6.07, 6.45) is 1.51. The molecule has 5 nitrogen and oxygen atoms in total. The lowest BCUT2D eigenvalue weighted by Crippen LogP contribution is -2.15. The minimum Gasteiger partial charge on any atom is -0.323 e. The van der Waals surface area contributed by atoms with Crippen LogP contribution in [0.3, 0.4) is 0 Å². The molecule has 0 bridgehead atoms. The van der Waals surface area contributed by atoms with E-state index in [0.717, 1.165) is 41.2 Å². The first-order valence-corrected chi connectivity index (χ1v) is 8.84. The van der Waals surface area contributed by atoms with Crippen LogP contribution in [0, 0.1) is 18.6 Å². The van der Waals surface area contributed by atoms with Crippen LogP contribution in [0.1, 0.15) is 5.56 Å². The van der Waals surface area contributed by atoms with Gasteiger partial charge in [-0.05, 0) is 36.8 Å². The molecule has 0 unspecified atom stereocenters. The third kappa shape index (κ3) is 4.20. The van der Waals surface area contributed by atoms with Gasteiger partial charge < -0.3 is 5.32 Å². The fourth-order valence-electron chi connectivity index (χ4n) is 2.14. The molecule has 1 aromatic heterocycles. The SMILES string of the molecule is Cc1ccc(-n2cnnc2SCC(=O)Nc2cc(F)ccc2F)cc1Cl. The van der Waals surface area contributed by atoms with Crippen LogP contribution >= 0.6 is 23.4 Å². The Morgan fingerprint density at radius 1 is 1.27 bits per heavy atom. The molecule has 2 aromatic carbocycles. The number of halogens is 3. The molecule has 0 aliphatic carbocycles. The van der Waals surface area contributed by atoms with Crippen molar-refractivity contribution in [1.29, 1.82) is 0 Å². The number of anilines is 1. The molecule has 0 saturated carbocycles. The molecule has 0 saturated heterocycles. The molecule has 1 amide bonds. The summed E-state index contributed by atoms with van der Waals surface area (Å²) in [4.78, 5) is 12.0. The van der Waals surface area contributed by atoms with Gasteiger partial charge in [0, 0.05) is 11.1 Å². The second-order valence-electron chi connectivity index (χ2n) is 5.38. The van der Waals surface area contributed by atoms with E-state index in [0.29, 0.717) is 10.2 Å². The van der Waals surface area contributed by atoms with Gasteiger partial charge in [-0.15, -0.1) is 10.2 Å². The zero-order chi connectivity index (χ0) is 18.7. The smallest absolute Gasteiger partial charge is 0.234 e. The standard InChI is InChI=1S/C17H13ClF2N4OS/c1-10-2-4-12(7-13(10)18)24-9-21-23-17(24)26-8-16(25)22-15-6-11(19)3-5-14(15)20/h2-7,9H,8H2,1H3,(H,22,25). The number of nitrogens with zero attached hydrogens (tertiary/aromatic N) is 3. The van der Waals surface area contributed by atoms with Crippen LogP contribution in [-0.2, 0) is 4.79 Å². The lowest BCUT2D eigenvalue weighted by atomic mass is 10.2. The number of benzene rings is 2. The molecule has 0 fully saturated rings. The summed E-state index contributed by atoms with van der Waals surface area (Å²) in [5.74, 6) is -1.88. The fourth-order valence-corrected chi connectivity index (χ4v) is 3.04. The van der Waals surface area contributed by atoms with Crippen molar-refractivity contribution >= 4 is 35.0 Å². The van der Waals surface area contributed by atoms with Gasteiger partial charge in [0.25, 0.3) is 0 Å². The second kappa shape index (κ2) is 7.84. The van der Waals surface area contributed by atoms with Crippen molar-refractivity contribution in [3.8, 4) is 5.69 Å². The van der Waals surface area contributed by atoms with Gasteiger partial charge in [0.2, 0.25) is 5.91 Å². The minimum absolute atomic E-state index is 0.0474. The number of carbonyl (C=O) groups excluding carboxylic acids is 1. The van der Waals surface area contributed by atoms with Crippen LogP contribution in [-0.4, -0.2) is 26.4 Å². The molecule has 134 valence electrons. The Morgan fingerprint density at radius 3 is 2.85 bits per heavy atom. The van der Waals surface area contributed by atoms with Gasteiger partial charge in [0.1, 0.15) is 18.0 Å². The van der Waals surface area contributed by atoms with E-state index in [9.17, 15) is 13.6 Å². The van der Waals surface area contributed by atoms with Crippen LogP contribution in [0.2, 0.25) is 5.02 Å². The van der Waals surface area contributed by atoms with Gasteiger partial charge >= 0.3 is 0 Å². The van der Waals surface area contributed by atoms with Crippen molar-refractivity contribution in [2.75, 3.05) is 11.1 Å². The van der Waals surface area contributed by atoms with E-state index in [1.54, 1.807) is 10.6 Å². The molecule has 0 spiro atoms. The van der Waals surface area contributed by atoms with Crippen molar-refractivity contribution in [2.24, 2.45) is 0 Å². The molecule has 3 rings (SSSR count). The van der Waals surface area contributed by atoms with Crippen LogP contribution in [0.5, 0.6) is 0 Å². The van der Waals surface area contributed by atoms with Gasteiger partial charge in [-0.25, -0.2) is 8.78 Å². The van der Waals surface area contributed by atoms with Crippen LogP contribution < -0.4 is 5.32 Å². The monoisotopic (exact) mass is 394 g/mol. The Kier molecular flexibility index (Phi) is 5.53. The molecule has 3 aromatic rings. The summed E-state index contributed by atoms with van der Waals surface area (Å²) in [6, 6.07) is 8.36. The maximum absolute atomic E-state index is 13.6. The summed E-state index contributed by atoms with van der Waals surface area (Å²) < 4.78 is 28.4. The molecule has 1 N–H and O–H groups in total. The Morgan fingerprint density at radius 2 is 2.08 bits per heavy atom. The number of rotatable bonds is 5. The fraction of sp³-hybridized carbons (Fsp3) is 0.118. The molecule has 0 atom stereocenters. The predicted octanol–water partition coefficient (Wildman–Crippen LogP) is 4.24. The van der Waals surface area contributed by atoms with Crippen molar-refractivity contribution in [1.82, 2.24) is 14.8 Å². The summed E-state index contributed by atoms with van der Waals surface area (Å²) >= 11 is 7.25. The summed E-state index contributed by atoms with van der Waals surface area (Å²) in [5.41, 5.74) is 1.49. The largest absolute Gasteiger partial charge is 0.323 e. The van der Waals surface area contributed by atoms with Gasteiger partial charge in [0.15, 0.2) is 5.16 Å². The molecule has 1 heterocycles. The Labute approximate surface area is 157 Å². The third-order valence-corrected chi connectivity index (χ3v) is 4.84. The number of hydrogen-bond donors (Lipinski definition) is 1. The Hall–Kier alpha value is -2.45. The first kappa shape index (κ1) is 18.3. The highest BCUT2D eigenvalue weighted by molar-refractivity contribution is 7.99. The zero-order valence-electron chi connectivity index (χ0n) is 13.5. The van der Waals surface area contributed by atoms with E-state index in [4.69, 9.17) is 11.6 Å². The van der Waals surface area contributed by atoms with Crippen LogP contribution in [0.4, 0.5) is 14.5 Å². The van der Waals surface area contributed by atoms with Crippen LogP contribution in [0.25, 0.3) is 5.69 Å². The maximum Gasteiger partial charge on any atom is 0.234 e. The highest BCUT2D eigenvalue weighted by Crippen LogP contribution is 2.24. The van der Waals surface area contributed by atoms with E-state index in [2.05, 4.69) is 15.5 Å². The highest BCUT2D eigenvalue weighted by atomic mass is 35.5. The van der Waals surface area contributed by atoms with E-state index in [1.807, 2.05) is 19.1 Å². The molecule has 0 aliphatic rings. The first-order valence-electron chi connectivity index (χ1n) is 7.48. The van der Waals surface area contributed by atoms with Gasteiger partial charge in [-0.1, -0.05) is 29.4 Å². The van der Waals surface area contributed by atoms with Gasteiger partial charge in [-0.2, -0.15) is 0 Å². The number of aryl methyl sites for hydroxylation is 1.